The largest absolute Gasteiger partial charge is 0.744 e. The summed E-state index contributed by atoms with van der Waals surface area (Å²) in [6.45, 7) is 0. The first kappa shape index (κ1) is 17.4. The van der Waals surface area contributed by atoms with Gasteiger partial charge >= 0.3 is 5.97 Å². The molecule has 0 aliphatic heterocycles. The molecule has 0 aliphatic rings. The maximum absolute atomic E-state index is 12.1. The van der Waals surface area contributed by atoms with E-state index in [0.29, 0.717) is 3.57 Å². The maximum Gasteiger partial charge on any atom is 0.347 e. The van der Waals surface area contributed by atoms with Crippen molar-refractivity contribution in [3.05, 3.63) is 49.1 Å². The van der Waals surface area contributed by atoms with E-state index in [2.05, 4.69) is 0 Å². The molecule has 0 amide bonds. The Morgan fingerprint density at radius 2 is 1.73 bits per heavy atom. The van der Waals surface area contributed by atoms with Gasteiger partial charge < -0.3 is 14.4 Å². The lowest BCUT2D eigenvalue weighted by atomic mass is 10.2. The monoisotopic (exact) mass is 545 g/mol. The number of hydrogen-bond donors (Lipinski definition) is 1. The fraction of sp³-hybridized carbons (Fsp3) is 0. The van der Waals surface area contributed by atoms with Crippen LogP contribution in [0.4, 0.5) is 0 Å². The number of benzene rings is 2. The van der Waals surface area contributed by atoms with E-state index in [-0.39, 0.29) is 17.1 Å². The Bertz CT molecular complexity index is 830. The second-order valence-electron chi connectivity index (χ2n) is 4.10. The lowest BCUT2D eigenvalue weighted by Gasteiger charge is -2.10. The van der Waals surface area contributed by atoms with Gasteiger partial charge in [-0.05, 0) is 81.6 Å². The summed E-state index contributed by atoms with van der Waals surface area (Å²) in [4.78, 5) is 11.6. The average molecular weight is 545 g/mol. The summed E-state index contributed by atoms with van der Waals surface area (Å²) in [5, 5.41) is 9.89. The maximum atomic E-state index is 12.1. The molecule has 9 heteroatoms. The Kier molecular flexibility index (Phi) is 5.29. The molecule has 0 heterocycles. The lowest BCUT2D eigenvalue weighted by molar-refractivity contribution is 0.0731. The van der Waals surface area contributed by atoms with Crippen molar-refractivity contribution in [1.29, 1.82) is 0 Å². The first-order valence-electron chi connectivity index (χ1n) is 5.64. The Balaban J connectivity index is 2.26. The summed E-state index contributed by atoms with van der Waals surface area (Å²) < 4.78 is 38.7. The summed E-state index contributed by atoms with van der Waals surface area (Å²) in [5.74, 6) is -0.915. The number of phenolic OH excluding ortho intramolecular Hbond substituents is 1. The van der Waals surface area contributed by atoms with Crippen LogP contribution in [-0.2, 0) is 10.1 Å². The van der Waals surface area contributed by atoms with Gasteiger partial charge in [-0.25, -0.2) is 13.2 Å². The molecule has 0 aromatic heterocycles. The van der Waals surface area contributed by atoms with Gasteiger partial charge in [-0.3, -0.25) is 0 Å². The Labute approximate surface area is 153 Å². The van der Waals surface area contributed by atoms with E-state index < -0.39 is 21.0 Å². The molecule has 0 spiro atoms. The average Bonchev–Trinajstić information content (AvgIpc) is 2.42. The third-order valence-corrected chi connectivity index (χ3v) is 4.87. The molecule has 2 aromatic rings. The summed E-state index contributed by atoms with van der Waals surface area (Å²) in [6, 6.07) is 7.64. The molecule has 6 nitrogen and oxygen atoms in total. The van der Waals surface area contributed by atoms with Gasteiger partial charge in [0.1, 0.15) is 27.2 Å². The van der Waals surface area contributed by atoms with Crippen molar-refractivity contribution >= 4 is 61.3 Å². The predicted octanol–water partition coefficient (Wildman–Crippen LogP) is 2.72. The Morgan fingerprint density at radius 1 is 1.14 bits per heavy atom. The quantitative estimate of drug-likeness (QED) is 0.276. The standard InChI is InChI=1S/C13H8I2O6S/c14-7-5-10(12(16)11(15)6-7)13(17)21-8-1-3-9(4-2-8)22(18,19)20/h1-6,16H,(H,18,19,20)/p-1. The first-order chi connectivity index (χ1) is 10.2. The molecule has 2 rings (SSSR count). The molecule has 116 valence electrons. The Hall–Kier alpha value is -0.920. The molecule has 0 aliphatic carbocycles. The molecule has 0 saturated heterocycles. The smallest absolute Gasteiger partial charge is 0.347 e. The Morgan fingerprint density at radius 3 is 2.27 bits per heavy atom. The number of aromatic hydroxyl groups is 1. The normalized spacial score (nSPS) is 11.2. The molecule has 2 aromatic carbocycles. The first-order valence-corrected chi connectivity index (χ1v) is 9.21. The van der Waals surface area contributed by atoms with Gasteiger partial charge in [-0.2, -0.15) is 0 Å². The second-order valence-corrected chi connectivity index (χ2v) is 7.89. The third kappa shape index (κ3) is 4.08. The van der Waals surface area contributed by atoms with E-state index in [4.69, 9.17) is 4.74 Å². The van der Waals surface area contributed by atoms with Gasteiger partial charge in [0.2, 0.25) is 0 Å². The van der Waals surface area contributed by atoms with Gasteiger partial charge in [0.15, 0.2) is 0 Å². The van der Waals surface area contributed by atoms with Crippen molar-refractivity contribution in [3.63, 3.8) is 0 Å². The molecule has 0 fully saturated rings. The minimum atomic E-state index is -4.55. The van der Waals surface area contributed by atoms with Crippen molar-refractivity contribution in [2.24, 2.45) is 0 Å². The zero-order chi connectivity index (χ0) is 16.5. The van der Waals surface area contributed by atoms with Gasteiger partial charge in [0, 0.05) is 3.57 Å². The highest BCUT2D eigenvalue weighted by molar-refractivity contribution is 14.1. The molecular weight excluding hydrogens is 538 g/mol. The summed E-state index contributed by atoms with van der Waals surface area (Å²) >= 11 is 3.89. The van der Waals surface area contributed by atoms with E-state index >= 15 is 0 Å². The van der Waals surface area contributed by atoms with Crippen LogP contribution in [0.3, 0.4) is 0 Å². The number of ether oxygens (including phenoxy) is 1. The summed E-state index contributed by atoms with van der Waals surface area (Å²) in [6.07, 6.45) is 0. The van der Waals surface area contributed by atoms with Crippen molar-refractivity contribution in [1.82, 2.24) is 0 Å². The van der Waals surface area contributed by atoms with Crippen LogP contribution in [0.5, 0.6) is 11.5 Å². The van der Waals surface area contributed by atoms with E-state index in [1.165, 1.54) is 18.2 Å². The summed E-state index contributed by atoms with van der Waals surface area (Å²) in [5.41, 5.74) is -0.00294. The molecule has 0 atom stereocenters. The van der Waals surface area contributed by atoms with Crippen LogP contribution in [0, 0.1) is 7.14 Å². The van der Waals surface area contributed by atoms with E-state index in [9.17, 15) is 22.9 Å². The van der Waals surface area contributed by atoms with Crippen molar-refractivity contribution in [2.45, 2.75) is 4.90 Å². The van der Waals surface area contributed by atoms with Crippen molar-refractivity contribution in [2.75, 3.05) is 0 Å². The number of carbonyl (C=O) groups excluding carboxylic acids is 1. The van der Waals surface area contributed by atoms with Crippen LogP contribution in [0.2, 0.25) is 0 Å². The number of halogens is 2. The van der Waals surface area contributed by atoms with Gasteiger partial charge in [0.25, 0.3) is 0 Å². The number of hydrogen-bond acceptors (Lipinski definition) is 6. The number of rotatable bonds is 3. The minimum Gasteiger partial charge on any atom is -0.744 e. The number of carbonyl (C=O) groups is 1. The SMILES string of the molecule is O=C(Oc1ccc(S(=O)(=O)[O-])cc1)c1cc(I)cc(I)c1O. The van der Waals surface area contributed by atoms with Gasteiger partial charge in [-0.1, -0.05) is 0 Å². The van der Waals surface area contributed by atoms with E-state index in [1.807, 2.05) is 45.2 Å². The fourth-order valence-corrected chi connectivity index (χ4v) is 3.87. The molecule has 22 heavy (non-hydrogen) atoms. The number of phenols is 1. The van der Waals surface area contributed by atoms with Crippen LogP contribution in [-0.4, -0.2) is 24.0 Å². The highest BCUT2D eigenvalue weighted by atomic mass is 127. The highest BCUT2D eigenvalue weighted by Crippen LogP contribution is 2.28. The zero-order valence-corrected chi connectivity index (χ0v) is 15.7. The van der Waals surface area contributed by atoms with Gasteiger partial charge in [0.05, 0.1) is 8.47 Å². The lowest BCUT2D eigenvalue weighted by Crippen LogP contribution is -2.10. The molecule has 0 unspecified atom stereocenters. The third-order valence-electron chi connectivity index (χ3n) is 2.57. The van der Waals surface area contributed by atoms with Crippen LogP contribution < -0.4 is 4.74 Å². The van der Waals surface area contributed by atoms with E-state index in [0.717, 1.165) is 15.7 Å². The van der Waals surface area contributed by atoms with Crippen molar-refractivity contribution in [3.8, 4) is 11.5 Å². The van der Waals surface area contributed by atoms with Gasteiger partial charge in [-0.15, -0.1) is 0 Å². The molecular formula is C13H7I2O6S-. The van der Waals surface area contributed by atoms with Crippen LogP contribution >= 0.6 is 45.2 Å². The number of esters is 1. The molecule has 0 saturated carbocycles. The molecule has 0 bridgehead atoms. The predicted molar refractivity (Wildman–Crippen MR) is 92.9 cm³/mol. The summed E-state index contributed by atoms with van der Waals surface area (Å²) in [7, 11) is -4.55. The molecule has 0 radical (unpaired) electrons. The zero-order valence-electron chi connectivity index (χ0n) is 10.6. The topological polar surface area (TPSA) is 104 Å². The van der Waals surface area contributed by atoms with Crippen LogP contribution in [0.1, 0.15) is 10.4 Å². The van der Waals surface area contributed by atoms with E-state index in [1.54, 1.807) is 6.07 Å². The molecule has 1 N–H and O–H groups in total. The second kappa shape index (κ2) is 6.68. The fourth-order valence-electron chi connectivity index (χ4n) is 1.56. The highest BCUT2D eigenvalue weighted by Gasteiger charge is 2.17. The minimum absolute atomic E-state index is 0.00294. The van der Waals surface area contributed by atoms with Crippen LogP contribution in [0.15, 0.2) is 41.3 Å². The van der Waals surface area contributed by atoms with Crippen LogP contribution in [0.25, 0.3) is 0 Å². The van der Waals surface area contributed by atoms with Crippen molar-refractivity contribution < 1.29 is 27.6 Å².